The highest BCUT2D eigenvalue weighted by atomic mass is 16.6. The zero-order valence-corrected chi connectivity index (χ0v) is 9.55. The Morgan fingerprint density at radius 2 is 2.06 bits per heavy atom. The molecule has 1 N–H and O–H groups in total. The van der Waals surface area contributed by atoms with E-state index in [-0.39, 0.29) is 11.2 Å². The van der Waals surface area contributed by atoms with E-state index < -0.39 is 4.92 Å². The third-order valence-electron chi connectivity index (χ3n) is 3.25. The third-order valence-corrected chi connectivity index (χ3v) is 3.25. The first-order valence-electron chi connectivity index (χ1n) is 5.75. The Labute approximate surface area is 102 Å². The van der Waals surface area contributed by atoms with Gasteiger partial charge in [-0.05, 0) is 25.3 Å². The second-order valence-electron chi connectivity index (χ2n) is 4.31. The van der Waals surface area contributed by atoms with Crippen molar-refractivity contribution in [1.82, 2.24) is 9.78 Å². The maximum absolute atomic E-state index is 12.1. The van der Waals surface area contributed by atoms with E-state index in [1.807, 2.05) is 0 Å². The number of nitrogens with one attached hydrogen (secondary N) is 1. The van der Waals surface area contributed by atoms with Gasteiger partial charge >= 0.3 is 0 Å². The number of aromatic nitrogens is 2. The van der Waals surface area contributed by atoms with Crippen molar-refractivity contribution in [1.29, 1.82) is 0 Å². The minimum absolute atomic E-state index is 0.0699. The third kappa shape index (κ3) is 1.46. The summed E-state index contributed by atoms with van der Waals surface area (Å²) in [5.74, 6) is 0. The van der Waals surface area contributed by atoms with Gasteiger partial charge in [-0.15, -0.1) is 0 Å². The molecule has 1 aliphatic rings. The van der Waals surface area contributed by atoms with Gasteiger partial charge < -0.3 is 0 Å². The van der Waals surface area contributed by atoms with Gasteiger partial charge in [-0.25, -0.2) is 4.68 Å². The highest BCUT2D eigenvalue weighted by Gasteiger charge is 2.23. The number of nitro benzene ring substituents is 1. The predicted octanol–water partition coefficient (Wildman–Crippen LogP) is 1.56. The number of rotatable bonds is 2. The van der Waals surface area contributed by atoms with Crippen LogP contribution in [-0.4, -0.2) is 14.7 Å². The van der Waals surface area contributed by atoms with Crippen LogP contribution in [0.15, 0.2) is 29.1 Å². The molecule has 0 atom stereocenters. The van der Waals surface area contributed by atoms with Crippen molar-refractivity contribution < 1.29 is 4.92 Å². The summed E-state index contributed by atoms with van der Waals surface area (Å²) >= 11 is 0. The molecule has 0 saturated carbocycles. The van der Waals surface area contributed by atoms with Gasteiger partial charge in [0.05, 0.1) is 4.92 Å². The Bertz CT molecular complexity index is 684. The number of nitrogens with zero attached hydrogens (tertiary/aromatic N) is 2. The quantitative estimate of drug-likeness (QED) is 0.644. The summed E-state index contributed by atoms with van der Waals surface area (Å²) in [7, 11) is 0. The Hall–Kier alpha value is -2.37. The normalized spacial score (nSPS) is 13.6. The van der Waals surface area contributed by atoms with Crippen LogP contribution in [0.5, 0.6) is 0 Å². The minimum atomic E-state index is -0.478. The molecule has 3 rings (SSSR count). The molecule has 0 aliphatic heterocycles. The van der Waals surface area contributed by atoms with E-state index in [1.54, 1.807) is 18.2 Å². The van der Waals surface area contributed by atoms with Crippen LogP contribution in [0.4, 0.5) is 5.69 Å². The van der Waals surface area contributed by atoms with E-state index in [9.17, 15) is 14.9 Å². The van der Waals surface area contributed by atoms with E-state index in [1.165, 1.54) is 10.7 Å². The highest BCUT2D eigenvalue weighted by Crippen LogP contribution is 2.23. The van der Waals surface area contributed by atoms with Gasteiger partial charge in [0, 0.05) is 17.3 Å². The monoisotopic (exact) mass is 245 g/mol. The predicted molar refractivity (Wildman–Crippen MR) is 65.1 cm³/mol. The van der Waals surface area contributed by atoms with Crippen molar-refractivity contribution in [3.05, 3.63) is 56.0 Å². The number of benzene rings is 1. The number of H-pyrrole nitrogens is 1. The van der Waals surface area contributed by atoms with E-state index >= 15 is 0 Å². The van der Waals surface area contributed by atoms with Gasteiger partial charge in [-0.3, -0.25) is 20.0 Å². The Morgan fingerprint density at radius 3 is 2.78 bits per heavy atom. The lowest BCUT2D eigenvalue weighted by molar-refractivity contribution is -0.384. The molecule has 1 aromatic heterocycles. The van der Waals surface area contributed by atoms with Crippen LogP contribution in [0.25, 0.3) is 5.69 Å². The number of aromatic amines is 1. The van der Waals surface area contributed by atoms with E-state index in [0.717, 1.165) is 30.5 Å². The van der Waals surface area contributed by atoms with E-state index in [0.29, 0.717) is 5.69 Å². The number of para-hydroxylation sites is 2. The van der Waals surface area contributed by atoms with Crippen molar-refractivity contribution in [2.45, 2.75) is 19.3 Å². The Kier molecular flexibility index (Phi) is 2.29. The van der Waals surface area contributed by atoms with Crippen molar-refractivity contribution in [3.8, 4) is 5.69 Å². The average molecular weight is 245 g/mol. The van der Waals surface area contributed by atoms with Crippen LogP contribution in [-0.2, 0) is 12.8 Å². The molecule has 6 nitrogen and oxygen atoms in total. The second-order valence-corrected chi connectivity index (χ2v) is 4.31. The van der Waals surface area contributed by atoms with Crippen LogP contribution < -0.4 is 5.56 Å². The summed E-state index contributed by atoms with van der Waals surface area (Å²) < 4.78 is 1.28. The molecular formula is C12H11N3O3. The molecule has 6 heteroatoms. The van der Waals surface area contributed by atoms with Gasteiger partial charge in [0.25, 0.3) is 11.2 Å². The molecule has 0 saturated heterocycles. The number of hydrogen-bond donors (Lipinski definition) is 1. The number of hydrogen-bond acceptors (Lipinski definition) is 3. The lowest BCUT2D eigenvalue weighted by atomic mass is 10.2. The van der Waals surface area contributed by atoms with Crippen molar-refractivity contribution in [3.63, 3.8) is 0 Å². The maximum atomic E-state index is 12.1. The number of aryl methyl sites for hydroxylation is 1. The highest BCUT2D eigenvalue weighted by molar-refractivity contribution is 5.52. The van der Waals surface area contributed by atoms with Gasteiger partial charge in [0.2, 0.25) is 0 Å². The zero-order chi connectivity index (χ0) is 12.7. The lowest BCUT2D eigenvalue weighted by Gasteiger charge is -2.03. The van der Waals surface area contributed by atoms with Gasteiger partial charge in [-0.2, -0.15) is 0 Å². The van der Waals surface area contributed by atoms with Crippen molar-refractivity contribution in [2.24, 2.45) is 0 Å². The molecule has 0 unspecified atom stereocenters. The summed E-state index contributed by atoms with van der Waals surface area (Å²) in [4.78, 5) is 22.6. The standard InChI is InChI=1S/C12H11N3O3/c16-12-8-4-3-5-9(8)13-14(12)10-6-1-2-7-11(10)15(17)18/h1-2,6-7,13H,3-5H2. The molecule has 18 heavy (non-hydrogen) atoms. The molecule has 1 aliphatic carbocycles. The Morgan fingerprint density at radius 1 is 1.28 bits per heavy atom. The molecule has 1 aromatic carbocycles. The first-order valence-corrected chi connectivity index (χ1v) is 5.75. The summed E-state index contributed by atoms with van der Waals surface area (Å²) in [6, 6.07) is 6.24. The summed E-state index contributed by atoms with van der Waals surface area (Å²) in [6.45, 7) is 0. The van der Waals surface area contributed by atoms with Gasteiger partial charge in [0.1, 0.15) is 5.69 Å². The molecule has 2 aromatic rings. The molecule has 0 bridgehead atoms. The molecule has 92 valence electrons. The van der Waals surface area contributed by atoms with Crippen LogP contribution in [0.3, 0.4) is 0 Å². The maximum Gasteiger partial charge on any atom is 0.294 e. The van der Waals surface area contributed by atoms with Gasteiger partial charge in [-0.1, -0.05) is 12.1 Å². The summed E-state index contributed by atoms with van der Waals surface area (Å²) in [6.07, 6.45) is 2.55. The summed E-state index contributed by atoms with van der Waals surface area (Å²) in [5, 5.41) is 13.9. The molecule has 0 amide bonds. The smallest absolute Gasteiger partial charge is 0.294 e. The fourth-order valence-corrected chi connectivity index (χ4v) is 2.40. The molecule has 1 heterocycles. The fraction of sp³-hybridized carbons (Fsp3) is 0.250. The van der Waals surface area contributed by atoms with E-state index in [4.69, 9.17) is 0 Å². The summed E-state index contributed by atoms with van der Waals surface area (Å²) in [5.41, 5.74) is 1.71. The first kappa shape index (κ1) is 10.8. The van der Waals surface area contributed by atoms with Crippen LogP contribution in [0.1, 0.15) is 17.7 Å². The van der Waals surface area contributed by atoms with E-state index in [2.05, 4.69) is 5.10 Å². The zero-order valence-electron chi connectivity index (χ0n) is 9.55. The SMILES string of the molecule is O=c1c2c([nH]n1-c1ccccc1[N+](=O)[O-])CCC2. The van der Waals surface area contributed by atoms with Crippen molar-refractivity contribution in [2.75, 3.05) is 0 Å². The number of nitro groups is 1. The lowest BCUT2D eigenvalue weighted by Crippen LogP contribution is -2.18. The fourth-order valence-electron chi connectivity index (χ4n) is 2.40. The molecule has 0 fully saturated rings. The molecule has 0 radical (unpaired) electrons. The largest absolute Gasteiger partial charge is 0.295 e. The second kappa shape index (κ2) is 3.83. The van der Waals surface area contributed by atoms with Crippen LogP contribution in [0, 0.1) is 10.1 Å². The van der Waals surface area contributed by atoms with Crippen LogP contribution >= 0.6 is 0 Å². The van der Waals surface area contributed by atoms with Crippen molar-refractivity contribution >= 4 is 5.69 Å². The minimum Gasteiger partial charge on any atom is -0.295 e. The van der Waals surface area contributed by atoms with Gasteiger partial charge in [0.15, 0.2) is 0 Å². The molecule has 0 spiro atoms. The number of fused-ring (bicyclic) bond motifs is 1. The molecular weight excluding hydrogens is 234 g/mol. The Balaban J connectivity index is 2.22. The first-order chi connectivity index (χ1) is 8.68. The van der Waals surface area contributed by atoms with Crippen LogP contribution in [0.2, 0.25) is 0 Å². The average Bonchev–Trinajstić information content (AvgIpc) is 2.93. The topological polar surface area (TPSA) is 80.9 Å².